The van der Waals surface area contributed by atoms with E-state index in [-0.39, 0.29) is 42.6 Å². The standard InChI is InChI=1S/C37H66O7/c1-3-4-13-19-30(38)20-16-17-22-32(40)34-24-26-36(44-34)35-25-23-33(43-35)31(39)21-15-12-10-8-6-5-7-9-11-14-18-29-27-28(2)42-37(29)41/h27-28,30-36,38-40H,3-26H2,1-2H3/t28-,30+,31-,32+,33-,34-,35-,36-/m1/s1. The van der Waals surface area contributed by atoms with E-state index in [0.717, 1.165) is 95.5 Å². The monoisotopic (exact) mass is 622 g/mol. The molecule has 3 aliphatic rings. The van der Waals surface area contributed by atoms with Crippen LogP contribution < -0.4 is 0 Å². The normalized spacial score (nSPS) is 27.4. The van der Waals surface area contributed by atoms with Crippen molar-refractivity contribution in [3.63, 3.8) is 0 Å². The van der Waals surface area contributed by atoms with E-state index in [1.165, 1.54) is 64.2 Å². The number of rotatable bonds is 25. The minimum Gasteiger partial charge on any atom is -0.455 e. The largest absolute Gasteiger partial charge is 0.455 e. The first-order valence-electron chi connectivity index (χ1n) is 18.6. The maximum absolute atomic E-state index is 11.6. The van der Waals surface area contributed by atoms with E-state index in [1.54, 1.807) is 0 Å². The third-order valence-electron chi connectivity index (χ3n) is 10.1. The fourth-order valence-electron chi connectivity index (χ4n) is 7.27. The first-order valence-corrected chi connectivity index (χ1v) is 18.6. The molecule has 256 valence electrons. The minimum absolute atomic E-state index is 0.0274. The Kier molecular flexibility index (Phi) is 18.5. The average molecular weight is 623 g/mol. The van der Waals surface area contributed by atoms with Gasteiger partial charge in [0.25, 0.3) is 0 Å². The molecule has 0 bridgehead atoms. The van der Waals surface area contributed by atoms with Gasteiger partial charge in [-0.1, -0.05) is 96.8 Å². The molecule has 0 radical (unpaired) electrons. The lowest BCUT2D eigenvalue weighted by molar-refractivity contribution is -0.139. The Morgan fingerprint density at radius 3 is 1.61 bits per heavy atom. The molecule has 44 heavy (non-hydrogen) atoms. The summed E-state index contributed by atoms with van der Waals surface area (Å²) >= 11 is 0. The van der Waals surface area contributed by atoms with Gasteiger partial charge in [0, 0.05) is 5.57 Å². The van der Waals surface area contributed by atoms with Gasteiger partial charge < -0.3 is 29.5 Å². The fourth-order valence-corrected chi connectivity index (χ4v) is 7.27. The first-order chi connectivity index (χ1) is 21.4. The molecule has 0 saturated carbocycles. The van der Waals surface area contributed by atoms with Crippen LogP contribution >= 0.6 is 0 Å². The van der Waals surface area contributed by atoms with Gasteiger partial charge >= 0.3 is 5.97 Å². The molecule has 3 aliphatic heterocycles. The molecule has 0 amide bonds. The number of hydrogen-bond donors (Lipinski definition) is 3. The molecule has 0 aromatic heterocycles. The van der Waals surface area contributed by atoms with Crippen molar-refractivity contribution >= 4 is 5.97 Å². The van der Waals surface area contributed by atoms with Gasteiger partial charge in [-0.3, -0.25) is 0 Å². The summed E-state index contributed by atoms with van der Waals surface area (Å²) in [7, 11) is 0. The fraction of sp³-hybridized carbons (Fsp3) is 0.919. The van der Waals surface area contributed by atoms with E-state index in [2.05, 4.69) is 6.92 Å². The molecule has 3 heterocycles. The molecule has 0 aromatic rings. The SMILES string of the molecule is CCCCC[C@H](O)CCCC[C@H](O)[C@H]1CC[C@H]([C@H]2CC[C@H]([C@H](O)CCCCCCCCCCCCC3=C[C@@H](C)OC3=O)O2)O1. The smallest absolute Gasteiger partial charge is 0.334 e. The van der Waals surface area contributed by atoms with Gasteiger partial charge in [0.05, 0.1) is 42.7 Å². The Morgan fingerprint density at radius 2 is 1.11 bits per heavy atom. The number of carbonyl (C=O) groups is 1. The summed E-state index contributed by atoms with van der Waals surface area (Å²) in [5.74, 6) is -0.123. The number of hydrogen-bond acceptors (Lipinski definition) is 7. The first kappa shape index (κ1) is 37.5. The number of aliphatic hydroxyl groups excluding tert-OH is 3. The predicted molar refractivity (Wildman–Crippen MR) is 175 cm³/mol. The van der Waals surface area contributed by atoms with Crippen molar-refractivity contribution in [3.8, 4) is 0 Å². The van der Waals surface area contributed by atoms with Gasteiger partial charge in [-0.15, -0.1) is 0 Å². The van der Waals surface area contributed by atoms with Gasteiger partial charge in [0.15, 0.2) is 0 Å². The molecular formula is C37H66O7. The van der Waals surface area contributed by atoms with E-state index in [9.17, 15) is 20.1 Å². The summed E-state index contributed by atoms with van der Waals surface area (Å²) in [4.78, 5) is 11.6. The molecule has 8 atom stereocenters. The molecule has 0 aliphatic carbocycles. The summed E-state index contributed by atoms with van der Waals surface area (Å²) in [6.07, 6.45) is 25.8. The summed E-state index contributed by atoms with van der Waals surface area (Å²) in [6, 6.07) is 0. The summed E-state index contributed by atoms with van der Waals surface area (Å²) in [6.45, 7) is 4.09. The molecule has 0 aromatic carbocycles. The lowest BCUT2D eigenvalue weighted by Gasteiger charge is -2.24. The van der Waals surface area contributed by atoms with Gasteiger partial charge in [-0.2, -0.15) is 0 Å². The zero-order valence-electron chi connectivity index (χ0n) is 28.1. The molecule has 0 spiro atoms. The highest BCUT2D eigenvalue weighted by Crippen LogP contribution is 2.34. The van der Waals surface area contributed by atoms with E-state index in [4.69, 9.17) is 14.2 Å². The molecule has 7 heteroatoms. The Balaban J connectivity index is 1.13. The van der Waals surface area contributed by atoms with Crippen LogP contribution in [0.1, 0.15) is 168 Å². The van der Waals surface area contributed by atoms with Gasteiger partial charge in [0.2, 0.25) is 0 Å². The van der Waals surface area contributed by atoms with Crippen molar-refractivity contribution < 1.29 is 34.3 Å². The van der Waals surface area contributed by atoms with Crippen LogP contribution in [0.15, 0.2) is 11.6 Å². The van der Waals surface area contributed by atoms with Gasteiger partial charge in [-0.25, -0.2) is 4.79 Å². The second-order valence-electron chi connectivity index (χ2n) is 14.0. The highest BCUT2D eigenvalue weighted by molar-refractivity contribution is 5.90. The lowest BCUT2D eigenvalue weighted by atomic mass is 10.00. The highest BCUT2D eigenvalue weighted by Gasteiger charge is 2.40. The zero-order valence-corrected chi connectivity index (χ0v) is 28.1. The number of unbranched alkanes of at least 4 members (excludes halogenated alkanes) is 12. The number of carbonyl (C=O) groups excluding carboxylic acids is 1. The Bertz CT molecular complexity index is 801. The van der Waals surface area contributed by atoms with Crippen LogP contribution in [0.4, 0.5) is 0 Å². The summed E-state index contributed by atoms with van der Waals surface area (Å²) in [5, 5.41) is 31.5. The molecule has 7 nitrogen and oxygen atoms in total. The van der Waals surface area contributed by atoms with Crippen LogP contribution in [0.25, 0.3) is 0 Å². The summed E-state index contributed by atoms with van der Waals surface area (Å²) in [5.41, 5.74) is 0.863. The van der Waals surface area contributed by atoms with E-state index >= 15 is 0 Å². The Hall–Kier alpha value is -0.990. The van der Waals surface area contributed by atoms with Gasteiger partial charge in [-0.05, 0) is 77.2 Å². The van der Waals surface area contributed by atoms with Crippen LogP contribution in [0.5, 0.6) is 0 Å². The average Bonchev–Trinajstić information content (AvgIpc) is 3.76. The van der Waals surface area contributed by atoms with E-state index < -0.39 is 12.2 Å². The minimum atomic E-state index is -0.447. The van der Waals surface area contributed by atoms with Crippen molar-refractivity contribution in [1.29, 1.82) is 0 Å². The molecule has 2 saturated heterocycles. The van der Waals surface area contributed by atoms with Crippen LogP contribution in [0.2, 0.25) is 0 Å². The number of esters is 1. The third kappa shape index (κ3) is 14.2. The summed E-state index contributed by atoms with van der Waals surface area (Å²) < 4.78 is 17.7. The van der Waals surface area contributed by atoms with Crippen molar-refractivity contribution in [2.24, 2.45) is 0 Å². The number of aliphatic hydroxyl groups is 3. The number of ether oxygens (including phenoxy) is 3. The third-order valence-corrected chi connectivity index (χ3v) is 10.1. The molecule has 2 fully saturated rings. The van der Waals surface area contributed by atoms with Gasteiger partial charge in [0.1, 0.15) is 6.10 Å². The van der Waals surface area contributed by atoms with Crippen LogP contribution in [-0.2, 0) is 19.0 Å². The molecule has 0 unspecified atom stereocenters. The molecule has 3 rings (SSSR count). The Morgan fingerprint density at radius 1 is 0.659 bits per heavy atom. The van der Waals surface area contributed by atoms with Crippen LogP contribution in [0.3, 0.4) is 0 Å². The van der Waals surface area contributed by atoms with Crippen molar-refractivity contribution in [2.45, 2.75) is 217 Å². The van der Waals surface area contributed by atoms with Crippen LogP contribution in [-0.4, -0.2) is 70.1 Å². The predicted octanol–water partition coefficient (Wildman–Crippen LogP) is 7.86. The Labute approximate surface area is 268 Å². The second kappa shape index (κ2) is 21.7. The van der Waals surface area contributed by atoms with E-state index in [1.807, 2.05) is 13.0 Å². The zero-order chi connectivity index (χ0) is 31.6. The second-order valence-corrected chi connectivity index (χ2v) is 14.0. The maximum atomic E-state index is 11.6. The maximum Gasteiger partial charge on any atom is 0.334 e. The molecular weight excluding hydrogens is 556 g/mol. The lowest BCUT2D eigenvalue weighted by Crippen LogP contribution is -2.33. The molecule has 3 N–H and O–H groups in total. The van der Waals surface area contributed by atoms with Crippen molar-refractivity contribution in [3.05, 3.63) is 11.6 Å². The topological polar surface area (TPSA) is 105 Å². The van der Waals surface area contributed by atoms with Crippen molar-refractivity contribution in [2.75, 3.05) is 0 Å². The number of cyclic esters (lactones) is 1. The van der Waals surface area contributed by atoms with E-state index in [0.29, 0.717) is 0 Å². The quantitative estimate of drug-likeness (QED) is 0.0703. The van der Waals surface area contributed by atoms with Crippen molar-refractivity contribution in [1.82, 2.24) is 0 Å². The van der Waals surface area contributed by atoms with Crippen LogP contribution in [0, 0.1) is 0 Å². The highest BCUT2D eigenvalue weighted by atomic mass is 16.6.